The first-order chi connectivity index (χ1) is 10.6. The molecule has 1 aliphatic rings. The van der Waals surface area contributed by atoms with Gasteiger partial charge in [-0.3, -0.25) is 9.59 Å². The average Bonchev–Trinajstić information content (AvgIpc) is 2.91. The summed E-state index contributed by atoms with van der Waals surface area (Å²) in [6.07, 6.45) is 0.224. The highest BCUT2D eigenvalue weighted by atomic mass is 35.5. The number of carbonyl (C=O) groups is 2. The van der Waals surface area contributed by atoms with Gasteiger partial charge in [0.1, 0.15) is 0 Å². The van der Waals surface area contributed by atoms with Crippen LogP contribution in [0.4, 0.5) is 11.4 Å². The van der Waals surface area contributed by atoms with Gasteiger partial charge in [-0.05, 0) is 36.4 Å². The zero-order chi connectivity index (χ0) is 15.5. The Morgan fingerprint density at radius 1 is 1.09 bits per heavy atom. The summed E-state index contributed by atoms with van der Waals surface area (Å²) in [5.74, 6) is -0.519. The molecule has 1 fully saturated rings. The first kappa shape index (κ1) is 14.6. The molecule has 1 N–H and O–H groups in total. The predicted octanol–water partition coefficient (Wildman–Crippen LogP) is 3.33. The second-order valence-corrected chi connectivity index (χ2v) is 5.67. The van der Waals surface area contributed by atoms with E-state index in [0.29, 0.717) is 11.6 Å². The molecule has 1 atom stereocenters. The van der Waals surface area contributed by atoms with Crippen molar-refractivity contribution in [2.24, 2.45) is 5.92 Å². The predicted molar refractivity (Wildman–Crippen MR) is 87.0 cm³/mol. The van der Waals surface area contributed by atoms with Crippen LogP contribution in [0.15, 0.2) is 54.6 Å². The summed E-state index contributed by atoms with van der Waals surface area (Å²) in [5.41, 5.74) is 1.51. The lowest BCUT2D eigenvalue weighted by Crippen LogP contribution is -2.28. The van der Waals surface area contributed by atoms with Crippen LogP contribution in [-0.2, 0) is 9.59 Å². The number of anilines is 2. The number of benzene rings is 2. The number of hydrogen-bond donors (Lipinski definition) is 1. The van der Waals surface area contributed by atoms with E-state index in [1.54, 1.807) is 29.2 Å². The van der Waals surface area contributed by atoms with Crippen LogP contribution in [0.25, 0.3) is 0 Å². The summed E-state index contributed by atoms with van der Waals surface area (Å²) in [6.45, 7) is 0.388. The molecule has 0 saturated carbocycles. The molecule has 0 spiro atoms. The highest BCUT2D eigenvalue weighted by Crippen LogP contribution is 2.27. The molecule has 0 aromatic heterocycles. The van der Waals surface area contributed by atoms with E-state index in [-0.39, 0.29) is 24.2 Å². The van der Waals surface area contributed by atoms with Gasteiger partial charge in [0.25, 0.3) is 0 Å². The largest absolute Gasteiger partial charge is 0.326 e. The monoisotopic (exact) mass is 314 g/mol. The van der Waals surface area contributed by atoms with Crippen LogP contribution in [0, 0.1) is 5.92 Å². The summed E-state index contributed by atoms with van der Waals surface area (Å²) >= 11 is 5.86. The molecule has 4 nitrogen and oxygen atoms in total. The molecule has 1 aliphatic heterocycles. The van der Waals surface area contributed by atoms with Crippen molar-refractivity contribution in [3.8, 4) is 0 Å². The van der Waals surface area contributed by atoms with Crippen LogP contribution in [0.5, 0.6) is 0 Å². The van der Waals surface area contributed by atoms with Gasteiger partial charge in [-0.2, -0.15) is 0 Å². The second-order valence-electron chi connectivity index (χ2n) is 5.24. The Morgan fingerprint density at radius 3 is 2.45 bits per heavy atom. The molecule has 0 radical (unpaired) electrons. The Labute approximate surface area is 133 Å². The van der Waals surface area contributed by atoms with Crippen LogP contribution in [-0.4, -0.2) is 18.4 Å². The van der Waals surface area contributed by atoms with E-state index in [1.807, 2.05) is 30.3 Å². The Bertz CT molecular complexity index is 686. The van der Waals surface area contributed by atoms with Gasteiger partial charge in [0.05, 0.1) is 5.92 Å². The van der Waals surface area contributed by atoms with E-state index in [2.05, 4.69) is 5.32 Å². The van der Waals surface area contributed by atoms with Crippen molar-refractivity contribution in [3.05, 3.63) is 59.6 Å². The number of nitrogens with zero attached hydrogens (tertiary/aromatic N) is 1. The summed E-state index contributed by atoms with van der Waals surface area (Å²) in [4.78, 5) is 26.1. The van der Waals surface area contributed by atoms with E-state index in [0.717, 1.165) is 11.4 Å². The van der Waals surface area contributed by atoms with Crippen molar-refractivity contribution >= 4 is 34.8 Å². The van der Waals surface area contributed by atoms with E-state index >= 15 is 0 Å². The lowest BCUT2D eigenvalue weighted by Gasteiger charge is -2.16. The van der Waals surface area contributed by atoms with Gasteiger partial charge in [-0.15, -0.1) is 0 Å². The fraction of sp³-hybridized carbons (Fsp3) is 0.176. The Hall–Kier alpha value is -2.33. The molecule has 2 aromatic carbocycles. The minimum Gasteiger partial charge on any atom is -0.326 e. The minimum atomic E-state index is -0.344. The van der Waals surface area contributed by atoms with E-state index in [4.69, 9.17) is 11.6 Å². The molecule has 0 bridgehead atoms. The molecule has 112 valence electrons. The first-order valence-electron chi connectivity index (χ1n) is 7.05. The van der Waals surface area contributed by atoms with Gasteiger partial charge in [0.2, 0.25) is 11.8 Å². The number of para-hydroxylation sites is 1. The maximum absolute atomic E-state index is 12.3. The van der Waals surface area contributed by atoms with Gasteiger partial charge >= 0.3 is 0 Å². The summed E-state index contributed by atoms with van der Waals surface area (Å²) < 4.78 is 0. The van der Waals surface area contributed by atoms with E-state index < -0.39 is 0 Å². The van der Waals surface area contributed by atoms with Crippen molar-refractivity contribution < 1.29 is 9.59 Å². The molecular formula is C17H15ClN2O2. The van der Waals surface area contributed by atoms with Crippen LogP contribution in [0.2, 0.25) is 5.02 Å². The lowest BCUT2D eigenvalue weighted by molar-refractivity contribution is -0.122. The Morgan fingerprint density at radius 2 is 1.77 bits per heavy atom. The van der Waals surface area contributed by atoms with Crippen molar-refractivity contribution in [1.29, 1.82) is 0 Å². The second kappa shape index (κ2) is 6.20. The molecule has 5 heteroatoms. The minimum absolute atomic E-state index is 0.0458. The van der Waals surface area contributed by atoms with Gasteiger partial charge < -0.3 is 10.2 Å². The molecule has 0 aliphatic carbocycles. The van der Waals surface area contributed by atoms with E-state index in [9.17, 15) is 9.59 Å². The van der Waals surface area contributed by atoms with Crippen LogP contribution >= 0.6 is 11.6 Å². The van der Waals surface area contributed by atoms with Crippen molar-refractivity contribution in [2.45, 2.75) is 6.42 Å². The van der Waals surface area contributed by atoms with Gasteiger partial charge in [0.15, 0.2) is 0 Å². The number of rotatable bonds is 3. The molecule has 2 amide bonds. The third kappa shape index (κ3) is 3.12. The first-order valence-corrected chi connectivity index (χ1v) is 7.43. The molecule has 3 rings (SSSR count). The topological polar surface area (TPSA) is 49.4 Å². The molecule has 2 aromatic rings. The normalized spacial score (nSPS) is 17.6. The van der Waals surface area contributed by atoms with Crippen molar-refractivity contribution in [3.63, 3.8) is 0 Å². The number of nitrogens with one attached hydrogen (secondary N) is 1. The molecular weight excluding hydrogens is 300 g/mol. The Kier molecular flexibility index (Phi) is 4.11. The van der Waals surface area contributed by atoms with Gasteiger partial charge in [-0.25, -0.2) is 0 Å². The highest BCUT2D eigenvalue weighted by Gasteiger charge is 2.35. The fourth-order valence-corrected chi connectivity index (χ4v) is 2.65. The van der Waals surface area contributed by atoms with Crippen LogP contribution < -0.4 is 10.2 Å². The van der Waals surface area contributed by atoms with Gasteiger partial charge in [-0.1, -0.05) is 29.8 Å². The van der Waals surface area contributed by atoms with Gasteiger partial charge in [0, 0.05) is 29.4 Å². The molecule has 1 heterocycles. The van der Waals surface area contributed by atoms with Crippen LogP contribution in [0.1, 0.15) is 6.42 Å². The van der Waals surface area contributed by atoms with Crippen LogP contribution in [0.3, 0.4) is 0 Å². The molecule has 22 heavy (non-hydrogen) atoms. The zero-order valence-corrected chi connectivity index (χ0v) is 12.6. The molecule has 0 unspecified atom stereocenters. The maximum atomic E-state index is 12.3. The number of hydrogen-bond acceptors (Lipinski definition) is 2. The Balaban J connectivity index is 1.69. The summed E-state index contributed by atoms with van der Waals surface area (Å²) in [5, 5.41) is 3.47. The number of halogens is 1. The number of amides is 2. The summed E-state index contributed by atoms with van der Waals surface area (Å²) in [6, 6.07) is 16.3. The average molecular weight is 315 g/mol. The zero-order valence-electron chi connectivity index (χ0n) is 11.8. The van der Waals surface area contributed by atoms with Crippen molar-refractivity contribution in [2.75, 3.05) is 16.8 Å². The number of carbonyl (C=O) groups excluding carboxylic acids is 2. The third-order valence-corrected chi connectivity index (χ3v) is 3.93. The van der Waals surface area contributed by atoms with E-state index in [1.165, 1.54) is 0 Å². The highest BCUT2D eigenvalue weighted by molar-refractivity contribution is 6.30. The third-order valence-electron chi connectivity index (χ3n) is 3.68. The quantitative estimate of drug-likeness (QED) is 0.944. The van der Waals surface area contributed by atoms with Crippen molar-refractivity contribution in [1.82, 2.24) is 0 Å². The SMILES string of the molecule is O=C(Nc1ccccc1)[C@H]1CC(=O)N(c2ccc(Cl)cc2)C1. The fourth-order valence-electron chi connectivity index (χ4n) is 2.52. The smallest absolute Gasteiger partial charge is 0.229 e. The molecule has 1 saturated heterocycles. The summed E-state index contributed by atoms with van der Waals surface area (Å²) in [7, 11) is 0. The lowest BCUT2D eigenvalue weighted by atomic mass is 10.1. The maximum Gasteiger partial charge on any atom is 0.229 e. The standard InChI is InChI=1S/C17H15ClN2O2/c18-13-6-8-15(9-7-13)20-11-12(10-16(20)21)17(22)19-14-4-2-1-3-5-14/h1-9,12H,10-11H2,(H,19,22)/t12-/m0/s1.